The van der Waals surface area contributed by atoms with E-state index in [1.54, 1.807) is 18.3 Å². The van der Waals surface area contributed by atoms with Crippen molar-refractivity contribution >= 4 is 11.8 Å². The number of hydrogen-bond acceptors (Lipinski definition) is 7. The van der Waals surface area contributed by atoms with Crippen molar-refractivity contribution < 1.29 is 19.4 Å². The maximum absolute atomic E-state index is 11.8. The minimum atomic E-state index is -0.508. The zero-order valence-corrected chi connectivity index (χ0v) is 17.0. The Labute approximate surface area is 170 Å². The highest BCUT2D eigenvalue weighted by molar-refractivity contribution is 5.90. The Balaban J connectivity index is 1.45. The van der Waals surface area contributed by atoms with Crippen LogP contribution in [0.4, 0.5) is 5.82 Å². The predicted octanol–water partition coefficient (Wildman–Crippen LogP) is 2.53. The number of pyridine rings is 2. The molecule has 29 heavy (non-hydrogen) atoms. The molecule has 1 saturated heterocycles. The number of aromatic nitrogens is 2. The summed E-state index contributed by atoms with van der Waals surface area (Å²) in [5, 5.41) is 10.7. The second-order valence-corrected chi connectivity index (χ2v) is 8.05. The second kappa shape index (κ2) is 7.99. The first-order valence-corrected chi connectivity index (χ1v) is 10.0. The Hall–Kier alpha value is -2.67. The van der Waals surface area contributed by atoms with E-state index in [4.69, 9.17) is 9.47 Å². The molecule has 2 aromatic heterocycles. The van der Waals surface area contributed by atoms with E-state index in [0.29, 0.717) is 23.8 Å². The van der Waals surface area contributed by atoms with Gasteiger partial charge in [0.05, 0.1) is 24.5 Å². The molecule has 7 nitrogen and oxygen atoms in total. The summed E-state index contributed by atoms with van der Waals surface area (Å²) in [6.07, 6.45) is 2.37. The van der Waals surface area contributed by atoms with Gasteiger partial charge >= 0.3 is 5.97 Å². The van der Waals surface area contributed by atoms with Crippen molar-refractivity contribution in [2.24, 2.45) is 11.8 Å². The average molecular weight is 397 g/mol. The number of hydrogen-bond donors (Lipinski definition) is 1. The number of methoxy groups -OCH3 is 1. The summed E-state index contributed by atoms with van der Waals surface area (Å²) in [6, 6.07) is 7.29. The Morgan fingerprint density at radius 1 is 1.17 bits per heavy atom. The highest BCUT2D eigenvalue weighted by Gasteiger charge is 2.43. The topological polar surface area (TPSA) is 84.8 Å². The van der Waals surface area contributed by atoms with Gasteiger partial charge in [0.2, 0.25) is 0 Å². The first-order chi connectivity index (χ1) is 13.9. The summed E-state index contributed by atoms with van der Waals surface area (Å²) in [6.45, 7) is 5.53. The normalized spacial score (nSPS) is 26.1. The quantitative estimate of drug-likeness (QED) is 0.794. The summed E-state index contributed by atoms with van der Waals surface area (Å²) >= 11 is 0. The SMILES string of the molecule is COC(=O)c1ccnc(N2C[C@H]3C[C@@H](Oc4ccc(C)nc4C)[C@H](O)C[C@H]3C2)c1. The molecule has 1 aliphatic carbocycles. The maximum atomic E-state index is 11.8. The lowest BCUT2D eigenvalue weighted by Crippen LogP contribution is -2.42. The van der Waals surface area contributed by atoms with Crippen molar-refractivity contribution in [3.05, 3.63) is 47.4 Å². The number of carbonyl (C=O) groups is 1. The van der Waals surface area contributed by atoms with Gasteiger partial charge in [0.1, 0.15) is 17.7 Å². The Bertz CT molecular complexity index is 903. The van der Waals surface area contributed by atoms with Crippen LogP contribution >= 0.6 is 0 Å². The predicted molar refractivity (Wildman–Crippen MR) is 108 cm³/mol. The summed E-state index contributed by atoms with van der Waals surface area (Å²) < 4.78 is 11.0. The molecule has 2 aliphatic rings. The van der Waals surface area contributed by atoms with E-state index in [1.807, 2.05) is 26.0 Å². The van der Waals surface area contributed by atoms with Gasteiger partial charge in [-0.1, -0.05) is 0 Å². The smallest absolute Gasteiger partial charge is 0.338 e. The lowest BCUT2D eigenvalue weighted by atomic mass is 9.78. The van der Waals surface area contributed by atoms with E-state index in [1.165, 1.54) is 7.11 Å². The molecule has 0 unspecified atom stereocenters. The molecule has 154 valence electrons. The molecule has 1 saturated carbocycles. The van der Waals surface area contributed by atoms with Crippen LogP contribution in [0.25, 0.3) is 0 Å². The number of anilines is 1. The Kier molecular flexibility index (Phi) is 5.41. The molecule has 0 radical (unpaired) electrons. The lowest BCUT2D eigenvalue weighted by molar-refractivity contribution is -0.0236. The molecule has 4 rings (SSSR count). The third-order valence-electron chi connectivity index (χ3n) is 6.03. The minimum Gasteiger partial charge on any atom is -0.486 e. The largest absolute Gasteiger partial charge is 0.486 e. The number of aliphatic hydroxyl groups excluding tert-OH is 1. The standard InChI is InChI=1S/C22H27N3O4/c1-13-4-5-19(14(2)24-13)29-20-9-17-12-25(11-16(17)8-18(20)26)21-10-15(6-7-23-21)22(27)28-3/h4-7,10,16-18,20,26H,8-9,11-12H2,1-3H3/t16-,17+,18+,20+/m0/s1. The van der Waals surface area contributed by atoms with Crippen LogP contribution in [0.5, 0.6) is 5.75 Å². The van der Waals surface area contributed by atoms with E-state index in [9.17, 15) is 9.90 Å². The van der Waals surface area contributed by atoms with Crippen molar-refractivity contribution in [2.75, 3.05) is 25.1 Å². The molecule has 2 aromatic rings. The number of esters is 1. The number of nitrogens with zero attached hydrogens (tertiary/aromatic N) is 3. The van der Waals surface area contributed by atoms with E-state index < -0.39 is 6.10 Å². The van der Waals surface area contributed by atoms with Crippen LogP contribution in [0, 0.1) is 25.7 Å². The zero-order valence-electron chi connectivity index (χ0n) is 17.0. The molecule has 4 atom stereocenters. The van der Waals surface area contributed by atoms with Crippen molar-refractivity contribution in [3.8, 4) is 5.75 Å². The number of aliphatic hydroxyl groups is 1. The third kappa shape index (κ3) is 4.05. The monoisotopic (exact) mass is 397 g/mol. The Morgan fingerprint density at radius 3 is 2.66 bits per heavy atom. The fraction of sp³-hybridized carbons (Fsp3) is 0.500. The van der Waals surface area contributed by atoms with Gasteiger partial charge in [0.25, 0.3) is 0 Å². The number of fused-ring (bicyclic) bond motifs is 1. The second-order valence-electron chi connectivity index (χ2n) is 8.05. The van der Waals surface area contributed by atoms with Gasteiger partial charge in [-0.15, -0.1) is 0 Å². The van der Waals surface area contributed by atoms with Gasteiger partial charge in [-0.2, -0.15) is 0 Å². The number of rotatable bonds is 4. The molecule has 0 amide bonds. The summed E-state index contributed by atoms with van der Waals surface area (Å²) in [5.41, 5.74) is 2.29. The first kappa shape index (κ1) is 19.6. The highest BCUT2D eigenvalue weighted by Crippen LogP contribution is 2.39. The van der Waals surface area contributed by atoms with Gasteiger partial charge in [0.15, 0.2) is 0 Å². The van der Waals surface area contributed by atoms with Gasteiger partial charge in [-0.3, -0.25) is 4.98 Å². The van der Waals surface area contributed by atoms with Crippen LogP contribution in [-0.4, -0.2) is 53.5 Å². The highest BCUT2D eigenvalue weighted by atomic mass is 16.5. The van der Waals surface area contributed by atoms with Crippen LogP contribution in [0.2, 0.25) is 0 Å². The van der Waals surface area contributed by atoms with Crippen molar-refractivity contribution in [1.82, 2.24) is 9.97 Å². The van der Waals surface area contributed by atoms with Crippen LogP contribution in [0.3, 0.4) is 0 Å². The van der Waals surface area contributed by atoms with E-state index in [2.05, 4.69) is 14.9 Å². The van der Waals surface area contributed by atoms with Crippen LogP contribution in [-0.2, 0) is 4.74 Å². The van der Waals surface area contributed by atoms with Crippen molar-refractivity contribution in [1.29, 1.82) is 0 Å². The van der Waals surface area contributed by atoms with Gasteiger partial charge in [0, 0.05) is 25.0 Å². The number of aryl methyl sites for hydroxylation is 2. The molecule has 0 aromatic carbocycles. The third-order valence-corrected chi connectivity index (χ3v) is 6.03. The molecule has 2 fully saturated rings. The van der Waals surface area contributed by atoms with Gasteiger partial charge in [-0.05, 0) is 62.8 Å². The summed E-state index contributed by atoms with van der Waals surface area (Å²) in [4.78, 5) is 22.9. The van der Waals surface area contributed by atoms with Crippen LogP contribution in [0.1, 0.15) is 34.6 Å². The summed E-state index contributed by atoms with van der Waals surface area (Å²) in [7, 11) is 1.37. The summed E-state index contributed by atoms with van der Waals surface area (Å²) in [5.74, 6) is 1.93. The Morgan fingerprint density at radius 2 is 1.93 bits per heavy atom. The number of carbonyl (C=O) groups excluding carboxylic acids is 1. The molecule has 0 bridgehead atoms. The van der Waals surface area contributed by atoms with Gasteiger partial charge in [-0.25, -0.2) is 9.78 Å². The minimum absolute atomic E-state index is 0.242. The fourth-order valence-corrected chi connectivity index (χ4v) is 4.50. The molecule has 3 heterocycles. The molecule has 0 spiro atoms. The molecular weight excluding hydrogens is 370 g/mol. The maximum Gasteiger partial charge on any atom is 0.338 e. The van der Waals surface area contributed by atoms with Crippen molar-refractivity contribution in [3.63, 3.8) is 0 Å². The number of ether oxygens (including phenoxy) is 2. The van der Waals surface area contributed by atoms with Gasteiger partial charge < -0.3 is 19.5 Å². The molecule has 7 heteroatoms. The molecular formula is C22H27N3O4. The van der Waals surface area contributed by atoms with Crippen molar-refractivity contribution in [2.45, 2.75) is 38.9 Å². The zero-order chi connectivity index (χ0) is 20.5. The molecule has 1 N–H and O–H groups in total. The average Bonchev–Trinajstić information content (AvgIpc) is 3.12. The first-order valence-electron chi connectivity index (χ1n) is 10.0. The van der Waals surface area contributed by atoms with E-state index in [-0.39, 0.29) is 12.1 Å². The lowest BCUT2D eigenvalue weighted by Gasteiger charge is -2.35. The fourth-order valence-electron chi connectivity index (χ4n) is 4.50. The van der Waals surface area contributed by atoms with Crippen LogP contribution < -0.4 is 9.64 Å². The van der Waals surface area contributed by atoms with E-state index in [0.717, 1.165) is 42.5 Å². The van der Waals surface area contributed by atoms with E-state index >= 15 is 0 Å². The van der Waals surface area contributed by atoms with Crippen LogP contribution in [0.15, 0.2) is 30.5 Å². The molecule has 1 aliphatic heterocycles.